The first kappa shape index (κ1) is 11.1. The van der Waals surface area contributed by atoms with Crippen molar-refractivity contribution in [2.45, 2.75) is 27.7 Å². The summed E-state index contributed by atoms with van der Waals surface area (Å²) in [7, 11) is 0. The molecule has 0 unspecified atom stereocenters. The Balaban J connectivity index is 0. The molecule has 0 saturated carbocycles. The Morgan fingerprint density at radius 2 is 1.78 bits per heavy atom. The van der Waals surface area contributed by atoms with Gasteiger partial charge in [-0.1, -0.05) is 13.8 Å². The highest BCUT2D eigenvalue weighted by Crippen LogP contribution is 1.74. The summed E-state index contributed by atoms with van der Waals surface area (Å²) in [6.07, 6.45) is 2.25. The van der Waals surface area contributed by atoms with Gasteiger partial charge in [-0.3, -0.25) is 4.99 Å². The molecule has 0 fully saturated rings. The molecular weight excluding hydrogens is 114 g/mol. The van der Waals surface area contributed by atoms with Crippen LogP contribution in [0, 0.1) is 0 Å². The van der Waals surface area contributed by atoms with Gasteiger partial charge in [-0.2, -0.15) is 0 Å². The molecule has 54 valence electrons. The molecule has 0 atom stereocenters. The predicted octanol–water partition coefficient (Wildman–Crippen LogP) is 2.52. The molecule has 0 amide bonds. The Kier molecular flexibility index (Phi) is 12.6. The molecule has 0 spiro atoms. The topological polar surface area (TPSA) is 32.6 Å². The molecule has 0 aliphatic heterocycles. The first-order valence-corrected chi connectivity index (χ1v) is 3.07. The molecule has 0 saturated heterocycles. The number of rotatable bonds is 1. The van der Waals surface area contributed by atoms with Gasteiger partial charge in [0, 0.05) is 5.71 Å². The molecule has 0 aliphatic carbocycles. The maximum atomic E-state index is 8.03. The van der Waals surface area contributed by atoms with Crippen molar-refractivity contribution < 1.29 is 5.11 Å². The van der Waals surface area contributed by atoms with Gasteiger partial charge < -0.3 is 5.11 Å². The van der Waals surface area contributed by atoms with E-state index in [9.17, 15) is 0 Å². The molecule has 1 N–H and O–H groups in total. The fourth-order valence-electron chi connectivity index (χ4n) is 0.182. The lowest BCUT2D eigenvalue weighted by molar-refractivity contribution is 0.472. The highest BCUT2D eigenvalue weighted by atomic mass is 16.2. The van der Waals surface area contributed by atoms with Crippen LogP contribution in [0.1, 0.15) is 27.7 Å². The molecule has 0 radical (unpaired) electrons. The minimum absolute atomic E-state index is 0.910. The Bertz CT molecular complexity index is 91.1. The van der Waals surface area contributed by atoms with E-state index in [1.807, 2.05) is 27.7 Å². The van der Waals surface area contributed by atoms with E-state index in [0.717, 1.165) is 12.0 Å². The zero-order chi connectivity index (χ0) is 7.70. The van der Waals surface area contributed by atoms with Gasteiger partial charge in [0.1, 0.15) is 0 Å². The van der Waals surface area contributed by atoms with E-state index in [4.69, 9.17) is 5.11 Å². The quantitative estimate of drug-likeness (QED) is 0.428. The van der Waals surface area contributed by atoms with Crippen LogP contribution < -0.4 is 0 Å². The van der Waals surface area contributed by atoms with Gasteiger partial charge in [-0.15, -0.1) is 0 Å². The van der Waals surface area contributed by atoms with Crippen molar-refractivity contribution >= 4 is 5.71 Å². The fourth-order valence-corrected chi connectivity index (χ4v) is 0.182. The first-order chi connectivity index (χ1) is 4.27. The Morgan fingerprint density at radius 3 is 1.89 bits per heavy atom. The Hall–Kier alpha value is -0.790. The molecule has 2 heteroatoms. The lowest BCUT2D eigenvalue weighted by Gasteiger charge is -1.77. The fraction of sp³-hybridized carbons (Fsp3) is 0.571. The summed E-state index contributed by atoms with van der Waals surface area (Å²) in [5, 5.41) is 8.03. The van der Waals surface area contributed by atoms with Crippen LogP contribution in [0.2, 0.25) is 0 Å². The summed E-state index contributed by atoms with van der Waals surface area (Å²) in [6.45, 7) is 7.72. The Labute approximate surface area is 56.9 Å². The van der Waals surface area contributed by atoms with Crippen LogP contribution in [0.15, 0.2) is 17.5 Å². The molecule has 0 bridgehead atoms. The first-order valence-electron chi connectivity index (χ1n) is 3.07. The number of hydrogen-bond donors (Lipinski definition) is 1. The molecule has 9 heavy (non-hydrogen) atoms. The molecule has 0 aliphatic rings. The highest BCUT2D eigenvalue weighted by Gasteiger charge is 1.67. The molecular formula is C7H15NO. The van der Waals surface area contributed by atoms with Crippen molar-refractivity contribution in [2.75, 3.05) is 0 Å². The van der Waals surface area contributed by atoms with E-state index in [2.05, 4.69) is 4.99 Å². The van der Waals surface area contributed by atoms with Crippen molar-refractivity contribution in [2.24, 2.45) is 4.99 Å². The molecule has 0 rings (SSSR count). The van der Waals surface area contributed by atoms with Crippen molar-refractivity contribution in [1.29, 1.82) is 0 Å². The van der Waals surface area contributed by atoms with Crippen LogP contribution in [0.5, 0.6) is 0 Å². The largest absolute Gasteiger partial charge is 0.514 e. The van der Waals surface area contributed by atoms with Crippen molar-refractivity contribution in [3.63, 3.8) is 0 Å². The normalized spacial score (nSPS) is 8.00. The van der Waals surface area contributed by atoms with Crippen LogP contribution in [-0.4, -0.2) is 10.8 Å². The average molecular weight is 129 g/mol. The van der Waals surface area contributed by atoms with Gasteiger partial charge in [0.2, 0.25) is 0 Å². The third-order valence-electron chi connectivity index (χ3n) is 0.399. The third-order valence-corrected chi connectivity index (χ3v) is 0.399. The minimum Gasteiger partial charge on any atom is -0.514 e. The minimum atomic E-state index is 0.910. The molecule has 0 aromatic rings. The summed E-state index contributed by atoms with van der Waals surface area (Å²) < 4.78 is 0. The number of aliphatic hydroxyl groups is 1. The lowest BCUT2D eigenvalue weighted by Crippen LogP contribution is -1.74. The van der Waals surface area contributed by atoms with Crippen LogP contribution in [0.25, 0.3) is 0 Å². The van der Waals surface area contributed by atoms with Crippen LogP contribution in [0.4, 0.5) is 0 Å². The molecule has 2 nitrogen and oxygen atoms in total. The van der Waals surface area contributed by atoms with Gasteiger partial charge in [0.15, 0.2) is 0 Å². The average Bonchev–Trinajstić information content (AvgIpc) is 1.88. The van der Waals surface area contributed by atoms with Gasteiger partial charge in [-0.05, 0) is 13.8 Å². The van der Waals surface area contributed by atoms with Gasteiger partial charge >= 0.3 is 0 Å². The second-order valence-corrected chi connectivity index (χ2v) is 1.37. The number of nitrogens with zero attached hydrogens (tertiary/aromatic N) is 1. The monoisotopic (exact) mass is 129 g/mol. The zero-order valence-electron chi connectivity index (χ0n) is 6.55. The van der Waals surface area contributed by atoms with E-state index in [0.29, 0.717) is 0 Å². The summed E-state index contributed by atoms with van der Waals surface area (Å²) >= 11 is 0. The second-order valence-electron chi connectivity index (χ2n) is 1.37. The van der Waals surface area contributed by atoms with Gasteiger partial charge in [0.05, 0.1) is 12.5 Å². The maximum absolute atomic E-state index is 8.03. The van der Waals surface area contributed by atoms with Crippen molar-refractivity contribution in [1.82, 2.24) is 0 Å². The zero-order valence-corrected chi connectivity index (χ0v) is 6.55. The molecule has 0 heterocycles. The van der Waals surface area contributed by atoms with Crippen LogP contribution in [-0.2, 0) is 0 Å². The lowest BCUT2D eigenvalue weighted by atomic mass is 10.5. The van der Waals surface area contributed by atoms with Crippen molar-refractivity contribution in [3.8, 4) is 0 Å². The van der Waals surface area contributed by atoms with E-state index in [-0.39, 0.29) is 0 Å². The number of aliphatic imine (C=N–C) groups is 1. The summed E-state index contributed by atoms with van der Waals surface area (Å²) in [4.78, 5) is 3.73. The Morgan fingerprint density at radius 1 is 1.33 bits per heavy atom. The third kappa shape index (κ3) is 19.0. The van der Waals surface area contributed by atoms with Gasteiger partial charge in [0.25, 0.3) is 0 Å². The van der Waals surface area contributed by atoms with Crippen molar-refractivity contribution in [3.05, 3.63) is 12.5 Å². The number of hydrogen-bond acceptors (Lipinski definition) is 2. The molecule has 0 aromatic carbocycles. The van der Waals surface area contributed by atoms with Crippen LogP contribution in [0.3, 0.4) is 0 Å². The van der Waals surface area contributed by atoms with Crippen LogP contribution >= 0.6 is 0 Å². The summed E-state index contributed by atoms with van der Waals surface area (Å²) in [5.41, 5.74) is 0.935. The van der Waals surface area contributed by atoms with E-state index < -0.39 is 0 Å². The van der Waals surface area contributed by atoms with E-state index >= 15 is 0 Å². The van der Waals surface area contributed by atoms with Gasteiger partial charge in [-0.25, -0.2) is 0 Å². The summed E-state index contributed by atoms with van der Waals surface area (Å²) in [5.74, 6) is 0. The maximum Gasteiger partial charge on any atom is 0.0974 e. The highest BCUT2D eigenvalue weighted by molar-refractivity contribution is 5.79. The van der Waals surface area contributed by atoms with E-state index in [1.165, 1.54) is 6.20 Å². The second kappa shape index (κ2) is 10.2. The molecule has 0 aromatic heterocycles. The SMILES string of the molecule is CC.CC(C)=N/C=C\O. The number of aliphatic hydroxyl groups excluding tert-OH is 1. The standard InChI is InChI=1S/C5H9NO.C2H6/c1-5(2)6-3-4-7;1-2/h3-4,7H,1-2H3;1-2H3/b4-3-;. The smallest absolute Gasteiger partial charge is 0.0974 e. The van der Waals surface area contributed by atoms with E-state index in [1.54, 1.807) is 0 Å². The summed E-state index contributed by atoms with van der Waals surface area (Å²) in [6, 6.07) is 0. The predicted molar refractivity (Wildman–Crippen MR) is 41.9 cm³/mol.